The van der Waals surface area contributed by atoms with Crippen molar-refractivity contribution < 1.29 is 32.6 Å². The van der Waals surface area contributed by atoms with Crippen LogP contribution in [0.25, 0.3) is 5.69 Å². The Balaban J connectivity index is 1.80. The van der Waals surface area contributed by atoms with Crippen molar-refractivity contribution in [3.63, 3.8) is 0 Å². The second-order valence-electron chi connectivity index (χ2n) is 8.29. The Morgan fingerprint density at radius 2 is 1.87 bits per heavy atom. The van der Waals surface area contributed by atoms with Gasteiger partial charge in [0.25, 0.3) is 5.91 Å². The maximum absolute atomic E-state index is 13.3. The minimum Gasteiger partial charge on any atom is -0.497 e. The highest BCUT2D eigenvalue weighted by Crippen LogP contribution is 2.35. The number of rotatable bonds is 11. The molecule has 39 heavy (non-hydrogen) atoms. The van der Waals surface area contributed by atoms with E-state index < -0.39 is 16.0 Å². The van der Waals surface area contributed by atoms with E-state index >= 15 is 0 Å². The molecule has 1 amide bonds. The molecular formula is C26H26N4O7S2. The van der Waals surface area contributed by atoms with Crippen molar-refractivity contribution in [1.82, 2.24) is 14.5 Å². The first kappa shape index (κ1) is 27.8. The largest absolute Gasteiger partial charge is 0.497 e. The number of thiophene rings is 1. The number of hydrogen-bond acceptors (Lipinski definition) is 8. The fourth-order valence-electron chi connectivity index (χ4n) is 3.60. The van der Waals surface area contributed by atoms with Crippen LogP contribution in [0.5, 0.6) is 17.4 Å². The molecule has 13 heteroatoms. The van der Waals surface area contributed by atoms with Gasteiger partial charge in [-0.15, -0.1) is 11.3 Å². The molecule has 0 unspecified atom stereocenters. The normalized spacial score (nSPS) is 11.3. The van der Waals surface area contributed by atoms with Crippen LogP contribution in [0.3, 0.4) is 0 Å². The highest BCUT2D eigenvalue weighted by molar-refractivity contribution is 7.89. The van der Waals surface area contributed by atoms with Gasteiger partial charge in [0.05, 0.1) is 17.7 Å². The number of hydrogen-bond donors (Lipinski definition) is 3. The topological polar surface area (TPSA) is 149 Å². The zero-order chi connectivity index (χ0) is 28.2. The zero-order valence-corrected chi connectivity index (χ0v) is 22.9. The van der Waals surface area contributed by atoms with Gasteiger partial charge < -0.3 is 19.9 Å². The van der Waals surface area contributed by atoms with E-state index in [1.54, 1.807) is 41.8 Å². The van der Waals surface area contributed by atoms with Gasteiger partial charge in [-0.2, -0.15) is 9.78 Å². The van der Waals surface area contributed by atoms with Crippen LogP contribution in [0.2, 0.25) is 0 Å². The van der Waals surface area contributed by atoms with Gasteiger partial charge in [-0.25, -0.2) is 17.9 Å². The van der Waals surface area contributed by atoms with Gasteiger partial charge in [-0.05, 0) is 67.3 Å². The lowest BCUT2D eigenvalue weighted by molar-refractivity contribution is 0.0689. The van der Waals surface area contributed by atoms with Gasteiger partial charge in [-0.1, -0.05) is 13.0 Å². The summed E-state index contributed by atoms with van der Waals surface area (Å²) in [6.07, 6.45) is 0.551. The maximum atomic E-state index is 13.3. The van der Waals surface area contributed by atoms with Crippen LogP contribution in [0, 0.1) is 6.92 Å². The number of sulfonamides is 1. The first-order valence-electron chi connectivity index (χ1n) is 11.8. The van der Waals surface area contributed by atoms with E-state index in [-0.39, 0.29) is 45.9 Å². The number of aromatic nitrogens is 2. The Morgan fingerprint density at radius 3 is 2.49 bits per heavy atom. The van der Waals surface area contributed by atoms with Crippen LogP contribution < -0.4 is 19.5 Å². The van der Waals surface area contributed by atoms with Gasteiger partial charge in [0.2, 0.25) is 15.9 Å². The number of nitrogens with zero attached hydrogens (tertiary/aromatic N) is 2. The van der Waals surface area contributed by atoms with E-state index in [1.807, 2.05) is 6.92 Å². The Hall–Kier alpha value is -4.20. The Morgan fingerprint density at radius 1 is 1.13 bits per heavy atom. The summed E-state index contributed by atoms with van der Waals surface area (Å²) in [5.41, 5.74) is 0.645. The third kappa shape index (κ3) is 6.11. The number of ether oxygens (including phenoxy) is 2. The van der Waals surface area contributed by atoms with E-state index in [2.05, 4.69) is 15.1 Å². The molecular weight excluding hydrogens is 544 g/mol. The number of methoxy groups -OCH3 is 1. The number of benzene rings is 2. The number of carbonyl (C=O) groups is 2. The summed E-state index contributed by atoms with van der Waals surface area (Å²) in [5, 5.41) is 18.3. The van der Waals surface area contributed by atoms with Gasteiger partial charge in [0.15, 0.2) is 5.69 Å². The summed E-state index contributed by atoms with van der Waals surface area (Å²) in [6.45, 7) is 3.52. The molecule has 2 aromatic heterocycles. The standard InChI is InChI=1S/C26H26N4O7S2/c1-4-13-27-39(34,35)22-15-17(28-24(31)21-6-5-14-38-21)7-12-20(22)37-25-16(2)23(26(32)33)29-30(25)18-8-10-19(36-3)11-9-18/h5-12,14-15,27H,4,13H2,1-3H3,(H,28,31)(H,32,33). The van der Waals surface area contributed by atoms with Crippen LogP contribution in [-0.4, -0.2) is 48.8 Å². The van der Waals surface area contributed by atoms with E-state index in [4.69, 9.17) is 9.47 Å². The summed E-state index contributed by atoms with van der Waals surface area (Å²) < 4.78 is 41.6. The van der Waals surface area contributed by atoms with Crippen molar-refractivity contribution in [2.45, 2.75) is 25.2 Å². The monoisotopic (exact) mass is 570 g/mol. The van der Waals surface area contributed by atoms with Crippen LogP contribution in [0.15, 0.2) is 64.9 Å². The predicted molar refractivity (Wildman–Crippen MR) is 146 cm³/mol. The average Bonchev–Trinajstić information content (AvgIpc) is 3.57. The molecule has 4 aromatic rings. The molecule has 0 radical (unpaired) electrons. The third-order valence-electron chi connectivity index (χ3n) is 5.57. The van der Waals surface area contributed by atoms with Gasteiger partial charge in [0, 0.05) is 17.8 Å². The molecule has 204 valence electrons. The zero-order valence-electron chi connectivity index (χ0n) is 21.3. The smallest absolute Gasteiger partial charge is 0.356 e. The molecule has 0 saturated heterocycles. The van der Waals surface area contributed by atoms with Crippen molar-refractivity contribution >= 4 is 38.9 Å². The van der Waals surface area contributed by atoms with Crippen LogP contribution in [-0.2, 0) is 10.0 Å². The SMILES string of the molecule is CCCNS(=O)(=O)c1cc(NC(=O)c2cccs2)ccc1Oc1c(C)c(C(=O)O)nn1-c1ccc(OC)cc1. The quantitative estimate of drug-likeness (QED) is 0.235. The molecule has 0 bridgehead atoms. The number of amides is 1. The van der Waals surface area contributed by atoms with Gasteiger partial charge >= 0.3 is 5.97 Å². The highest BCUT2D eigenvalue weighted by Gasteiger charge is 2.26. The molecule has 0 atom stereocenters. The van der Waals surface area contributed by atoms with Gasteiger partial charge in [-0.3, -0.25) is 4.79 Å². The van der Waals surface area contributed by atoms with Crippen molar-refractivity contribution in [3.05, 3.63) is 76.1 Å². The molecule has 2 aromatic carbocycles. The van der Waals surface area contributed by atoms with E-state index in [1.165, 1.54) is 48.3 Å². The van der Waals surface area contributed by atoms with E-state index in [9.17, 15) is 23.1 Å². The number of nitrogens with one attached hydrogen (secondary N) is 2. The van der Waals surface area contributed by atoms with Crippen molar-refractivity contribution in [2.24, 2.45) is 0 Å². The fourth-order valence-corrected chi connectivity index (χ4v) is 5.50. The third-order valence-corrected chi connectivity index (χ3v) is 7.92. The predicted octanol–water partition coefficient (Wildman–Crippen LogP) is 4.68. The van der Waals surface area contributed by atoms with Crippen molar-refractivity contribution in [2.75, 3.05) is 19.0 Å². The summed E-state index contributed by atoms with van der Waals surface area (Å²) >= 11 is 1.25. The maximum Gasteiger partial charge on any atom is 0.356 e. The number of carbonyl (C=O) groups excluding carboxylic acids is 1. The Kier molecular flexibility index (Phi) is 8.33. The molecule has 0 aliphatic carbocycles. The van der Waals surface area contributed by atoms with Crippen LogP contribution in [0.1, 0.15) is 39.1 Å². The summed E-state index contributed by atoms with van der Waals surface area (Å²) in [7, 11) is -2.56. The molecule has 0 saturated carbocycles. The van der Waals surface area contributed by atoms with Crippen LogP contribution >= 0.6 is 11.3 Å². The summed E-state index contributed by atoms with van der Waals surface area (Å²) in [6, 6.07) is 14.2. The molecule has 0 aliphatic rings. The number of aromatic carboxylic acids is 1. The van der Waals surface area contributed by atoms with E-state index in [0.717, 1.165) is 0 Å². The lowest BCUT2D eigenvalue weighted by atomic mass is 10.2. The second-order valence-corrected chi connectivity index (χ2v) is 11.0. The molecule has 0 aliphatic heterocycles. The lowest BCUT2D eigenvalue weighted by Crippen LogP contribution is -2.25. The first-order chi connectivity index (χ1) is 18.6. The van der Waals surface area contributed by atoms with Crippen molar-refractivity contribution in [1.29, 1.82) is 0 Å². The number of carboxylic acids is 1. The molecule has 0 spiro atoms. The lowest BCUT2D eigenvalue weighted by Gasteiger charge is -2.16. The Bertz CT molecular complexity index is 1600. The number of carboxylic acid groups (broad SMARTS) is 1. The first-order valence-corrected chi connectivity index (χ1v) is 14.1. The van der Waals surface area contributed by atoms with Gasteiger partial charge in [0.1, 0.15) is 16.4 Å². The minimum atomic E-state index is -4.08. The fraction of sp³-hybridized carbons (Fsp3) is 0.192. The Labute approximate surface area is 229 Å². The molecule has 0 fully saturated rings. The van der Waals surface area contributed by atoms with Crippen LogP contribution in [0.4, 0.5) is 5.69 Å². The molecule has 3 N–H and O–H groups in total. The molecule has 2 heterocycles. The molecule has 4 rings (SSSR count). The number of anilines is 1. The van der Waals surface area contributed by atoms with E-state index in [0.29, 0.717) is 22.7 Å². The molecule has 11 nitrogen and oxygen atoms in total. The highest BCUT2D eigenvalue weighted by atomic mass is 32.2. The van der Waals surface area contributed by atoms with Crippen molar-refractivity contribution in [3.8, 4) is 23.1 Å². The second kappa shape index (κ2) is 11.7. The average molecular weight is 571 g/mol. The summed E-state index contributed by atoms with van der Waals surface area (Å²) in [5.74, 6) is -1.14. The minimum absolute atomic E-state index is 0.0138. The summed E-state index contributed by atoms with van der Waals surface area (Å²) in [4.78, 5) is 24.7.